The lowest BCUT2D eigenvalue weighted by Crippen LogP contribution is -1.99. The van der Waals surface area contributed by atoms with Crippen LogP contribution in [0.2, 0.25) is 0 Å². The predicted molar refractivity (Wildman–Crippen MR) is 92.3 cm³/mol. The molecule has 1 heterocycles. The number of hydrogen-bond donors (Lipinski definition) is 0. The maximum absolute atomic E-state index is 5.10. The minimum absolute atomic E-state index is 0.606. The molecule has 0 N–H and O–H groups in total. The highest BCUT2D eigenvalue weighted by molar-refractivity contribution is 5.43. The van der Waals surface area contributed by atoms with E-state index in [1.807, 2.05) is 60.8 Å². The summed E-state index contributed by atoms with van der Waals surface area (Å²) in [5.74, 6) is 12.3. The third-order valence-corrected chi connectivity index (χ3v) is 3.28. The van der Waals surface area contributed by atoms with Gasteiger partial charge in [-0.3, -0.25) is 0 Å². The Hall–Kier alpha value is -3.50. The smallest absolute Gasteiger partial charge is 0.156 e. The van der Waals surface area contributed by atoms with Gasteiger partial charge in [-0.2, -0.15) is 0 Å². The fourth-order valence-electron chi connectivity index (χ4n) is 2.08. The molecule has 24 heavy (non-hydrogen) atoms. The van der Waals surface area contributed by atoms with E-state index in [0.717, 1.165) is 11.3 Å². The first-order valence-corrected chi connectivity index (χ1v) is 7.43. The Kier molecular flexibility index (Phi) is 4.92. The second-order valence-electron chi connectivity index (χ2n) is 5.02. The van der Waals surface area contributed by atoms with E-state index in [0.29, 0.717) is 12.2 Å². The van der Waals surface area contributed by atoms with Crippen LogP contribution in [0, 0.1) is 23.7 Å². The number of benzene rings is 2. The molecule has 2 aromatic carbocycles. The van der Waals surface area contributed by atoms with Gasteiger partial charge in [-0.1, -0.05) is 41.5 Å². The van der Waals surface area contributed by atoms with Gasteiger partial charge < -0.3 is 4.74 Å². The summed E-state index contributed by atoms with van der Waals surface area (Å²) >= 11 is 0. The Balaban J connectivity index is 1.63. The van der Waals surface area contributed by atoms with Crippen molar-refractivity contribution in [1.29, 1.82) is 0 Å². The summed E-state index contributed by atoms with van der Waals surface area (Å²) in [7, 11) is 1.64. The monoisotopic (exact) mass is 313 g/mol. The van der Waals surface area contributed by atoms with Gasteiger partial charge in [0.25, 0.3) is 0 Å². The van der Waals surface area contributed by atoms with Crippen molar-refractivity contribution < 1.29 is 4.74 Å². The SMILES string of the molecule is COc1ccc(C#CC#Cc2cn(Cc3ccccc3)nn2)cc1. The molecular formula is C20H15N3O. The molecule has 0 radical (unpaired) electrons. The first-order valence-electron chi connectivity index (χ1n) is 7.43. The number of methoxy groups -OCH3 is 1. The van der Waals surface area contributed by atoms with Crippen LogP contribution in [0.1, 0.15) is 16.8 Å². The Labute approximate surface area is 141 Å². The molecule has 0 saturated heterocycles. The molecule has 0 aliphatic carbocycles. The summed E-state index contributed by atoms with van der Waals surface area (Å²) < 4.78 is 6.86. The van der Waals surface area contributed by atoms with E-state index in [1.54, 1.807) is 11.8 Å². The van der Waals surface area contributed by atoms with Crippen molar-refractivity contribution in [1.82, 2.24) is 15.0 Å². The number of nitrogens with zero attached hydrogens (tertiary/aromatic N) is 3. The van der Waals surface area contributed by atoms with Crippen molar-refractivity contribution in [2.45, 2.75) is 6.54 Å². The van der Waals surface area contributed by atoms with Gasteiger partial charge in [0.2, 0.25) is 0 Å². The lowest BCUT2D eigenvalue weighted by Gasteiger charge is -1.98. The van der Waals surface area contributed by atoms with E-state index in [4.69, 9.17) is 4.74 Å². The Morgan fingerprint density at radius 2 is 1.71 bits per heavy atom. The molecule has 0 amide bonds. The van der Waals surface area contributed by atoms with Crippen molar-refractivity contribution in [2.24, 2.45) is 0 Å². The third kappa shape index (κ3) is 4.25. The fourth-order valence-corrected chi connectivity index (χ4v) is 2.08. The molecule has 0 atom stereocenters. The van der Waals surface area contributed by atoms with Crippen LogP contribution in [0.25, 0.3) is 0 Å². The highest BCUT2D eigenvalue weighted by atomic mass is 16.5. The van der Waals surface area contributed by atoms with Crippen molar-refractivity contribution >= 4 is 0 Å². The summed E-state index contributed by atoms with van der Waals surface area (Å²) in [5.41, 5.74) is 2.66. The lowest BCUT2D eigenvalue weighted by molar-refractivity contribution is 0.415. The fraction of sp³-hybridized carbons (Fsp3) is 0.100. The zero-order chi connectivity index (χ0) is 16.6. The average molecular weight is 313 g/mol. The molecule has 0 saturated carbocycles. The number of hydrogen-bond acceptors (Lipinski definition) is 3. The van der Waals surface area contributed by atoms with E-state index in [1.165, 1.54) is 5.56 Å². The van der Waals surface area contributed by atoms with Crippen LogP contribution >= 0.6 is 0 Å². The molecule has 3 aromatic rings. The first-order chi connectivity index (χ1) is 11.8. The Bertz CT molecular complexity index is 920. The molecule has 4 nitrogen and oxygen atoms in total. The van der Waals surface area contributed by atoms with Crippen LogP contribution in [0.3, 0.4) is 0 Å². The summed E-state index contributed by atoms with van der Waals surface area (Å²) in [5, 5.41) is 8.10. The van der Waals surface area contributed by atoms with Crippen molar-refractivity contribution in [3.05, 3.63) is 77.6 Å². The van der Waals surface area contributed by atoms with Gasteiger partial charge in [-0.25, -0.2) is 4.68 Å². The highest BCUT2D eigenvalue weighted by Crippen LogP contribution is 2.10. The van der Waals surface area contributed by atoms with E-state index < -0.39 is 0 Å². The normalized spacial score (nSPS) is 9.38. The molecule has 4 heteroatoms. The summed E-state index contributed by atoms with van der Waals surface area (Å²) in [6.07, 6.45) is 1.81. The summed E-state index contributed by atoms with van der Waals surface area (Å²) in [6.45, 7) is 0.674. The van der Waals surface area contributed by atoms with Gasteiger partial charge in [0.15, 0.2) is 5.69 Å². The van der Waals surface area contributed by atoms with Crippen molar-refractivity contribution in [2.75, 3.05) is 7.11 Å². The van der Waals surface area contributed by atoms with Crippen LogP contribution in [0.5, 0.6) is 5.75 Å². The molecule has 0 aliphatic heterocycles. The van der Waals surface area contributed by atoms with Crippen LogP contribution in [-0.2, 0) is 6.54 Å². The first kappa shape index (κ1) is 15.4. The summed E-state index contributed by atoms with van der Waals surface area (Å²) in [4.78, 5) is 0. The van der Waals surface area contributed by atoms with Crippen LogP contribution < -0.4 is 4.74 Å². The molecule has 0 unspecified atom stereocenters. The minimum atomic E-state index is 0.606. The van der Waals surface area contributed by atoms with Gasteiger partial charge in [0.05, 0.1) is 19.9 Å². The van der Waals surface area contributed by atoms with Gasteiger partial charge in [-0.05, 0) is 47.6 Å². The van der Waals surface area contributed by atoms with Gasteiger partial charge in [0.1, 0.15) is 5.75 Å². The number of ether oxygens (including phenoxy) is 1. The quantitative estimate of drug-likeness (QED) is 0.698. The zero-order valence-electron chi connectivity index (χ0n) is 13.2. The van der Waals surface area contributed by atoms with Gasteiger partial charge in [0, 0.05) is 5.56 Å². The molecule has 0 bridgehead atoms. The molecular weight excluding hydrogens is 298 g/mol. The van der Waals surface area contributed by atoms with Crippen LogP contribution in [0.15, 0.2) is 60.8 Å². The molecule has 0 fully saturated rings. The molecule has 0 aliphatic rings. The molecule has 0 spiro atoms. The second kappa shape index (κ2) is 7.67. The van der Waals surface area contributed by atoms with Crippen molar-refractivity contribution in [3.63, 3.8) is 0 Å². The predicted octanol–water partition coefficient (Wildman–Crippen LogP) is 2.74. The molecule has 3 rings (SSSR count). The highest BCUT2D eigenvalue weighted by Gasteiger charge is 1.98. The van der Waals surface area contributed by atoms with Crippen LogP contribution in [0.4, 0.5) is 0 Å². The summed E-state index contributed by atoms with van der Waals surface area (Å²) in [6, 6.07) is 17.6. The number of aromatic nitrogens is 3. The van der Waals surface area contributed by atoms with Crippen molar-refractivity contribution in [3.8, 4) is 29.4 Å². The van der Waals surface area contributed by atoms with E-state index in [9.17, 15) is 0 Å². The Morgan fingerprint density at radius 3 is 2.46 bits per heavy atom. The maximum atomic E-state index is 5.10. The average Bonchev–Trinajstić information content (AvgIpc) is 3.07. The lowest BCUT2D eigenvalue weighted by atomic mass is 10.2. The minimum Gasteiger partial charge on any atom is -0.497 e. The largest absolute Gasteiger partial charge is 0.497 e. The topological polar surface area (TPSA) is 39.9 Å². The molecule has 116 valence electrons. The van der Waals surface area contributed by atoms with Gasteiger partial charge in [-0.15, -0.1) is 5.10 Å². The van der Waals surface area contributed by atoms with E-state index in [-0.39, 0.29) is 0 Å². The number of rotatable bonds is 3. The third-order valence-electron chi connectivity index (χ3n) is 3.28. The standard InChI is InChI=1S/C20H15N3O/c1-24-20-13-11-17(12-14-20)7-5-6-10-19-16-23(22-21-19)15-18-8-3-2-4-9-18/h2-4,8-9,11-14,16H,15H2,1H3. The zero-order valence-corrected chi connectivity index (χ0v) is 13.2. The maximum Gasteiger partial charge on any atom is 0.156 e. The van der Waals surface area contributed by atoms with Crippen LogP contribution in [-0.4, -0.2) is 22.1 Å². The van der Waals surface area contributed by atoms with E-state index >= 15 is 0 Å². The van der Waals surface area contributed by atoms with Gasteiger partial charge >= 0.3 is 0 Å². The second-order valence-corrected chi connectivity index (χ2v) is 5.02. The molecule has 1 aromatic heterocycles. The van der Waals surface area contributed by atoms with E-state index in [2.05, 4.69) is 34.0 Å². The Morgan fingerprint density at radius 1 is 0.958 bits per heavy atom.